The molecule has 0 bridgehead atoms. The number of methoxy groups -OCH3 is 2. The van der Waals surface area contributed by atoms with Gasteiger partial charge in [-0.15, -0.1) is 12.3 Å². The van der Waals surface area contributed by atoms with Crippen LogP contribution < -0.4 is 14.8 Å². The predicted octanol–water partition coefficient (Wildman–Crippen LogP) is 2.28. The number of rotatable bonds is 5. The zero-order valence-corrected chi connectivity index (χ0v) is 10.4. The summed E-state index contributed by atoms with van der Waals surface area (Å²) in [6.45, 7) is 0.175. The van der Waals surface area contributed by atoms with Crippen molar-refractivity contribution in [3.8, 4) is 23.8 Å². The monoisotopic (exact) mass is 249 g/mol. The van der Waals surface area contributed by atoms with Crippen molar-refractivity contribution in [1.82, 2.24) is 0 Å². The van der Waals surface area contributed by atoms with Gasteiger partial charge < -0.3 is 14.2 Å². The molecule has 0 aliphatic carbocycles. The van der Waals surface area contributed by atoms with Crippen molar-refractivity contribution >= 4 is 11.8 Å². The zero-order chi connectivity index (χ0) is 13.4. The fraction of sp³-hybridized carbons (Fsp3) is 0.308. The van der Waals surface area contributed by atoms with Gasteiger partial charge in [0.05, 0.1) is 19.9 Å². The molecule has 0 spiro atoms. The van der Waals surface area contributed by atoms with E-state index in [1.165, 1.54) is 14.2 Å². The highest BCUT2D eigenvalue weighted by atomic mass is 16.5. The molecule has 1 amide bonds. The van der Waals surface area contributed by atoms with Crippen LogP contribution in [0.15, 0.2) is 18.2 Å². The summed E-state index contributed by atoms with van der Waals surface area (Å²) in [5.74, 6) is 3.50. The number of anilines is 1. The van der Waals surface area contributed by atoms with E-state index in [2.05, 4.69) is 11.2 Å². The minimum absolute atomic E-state index is 0.175. The molecule has 1 rings (SSSR count). The molecule has 0 unspecified atom stereocenters. The Labute approximate surface area is 106 Å². The average molecular weight is 249 g/mol. The topological polar surface area (TPSA) is 56.8 Å². The van der Waals surface area contributed by atoms with Crippen molar-refractivity contribution in [3.63, 3.8) is 0 Å². The number of hydrogen-bond acceptors (Lipinski definition) is 4. The molecule has 0 saturated heterocycles. The van der Waals surface area contributed by atoms with Crippen LogP contribution in [0.1, 0.15) is 6.42 Å². The fourth-order valence-corrected chi connectivity index (χ4v) is 1.26. The van der Waals surface area contributed by atoms with E-state index >= 15 is 0 Å². The number of benzene rings is 1. The number of amides is 1. The van der Waals surface area contributed by atoms with Gasteiger partial charge in [-0.05, 0) is 12.1 Å². The van der Waals surface area contributed by atoms with Crippen LogP contribution in [0.2, 0.25) is 0 Å². The van der Waals surface area contributed by atoms with Crippen LogP contribution in [0.25, 0.3) is 0 Å². The second-order valence-corrected chi connectivity index (χ2v) is 3.28. The fourth-order valence-electron chi connectivity index (χ4n) is 1.26. The minimum Gasteiger partial charge on any atom is -0.497 e. The smallest absolute Gasteiger partial charge is 0.411 e. The van der Waals surface area contributed by atoms with E-state index in [0.29, 0.717) is 23.6 Å². The summed E-state index contributed by atoms with van der Waals surface area (Å²) in [6.07, 6.45) is 4.84. The quantitative estimate of drug-likeness (QED) is 0.642. The number of carbonyl (C=O) groups excluding carboxylic acids is 1. The molecular weight excluding hydrogens is 234 g/mol. The van der Waals surface area contributed by atoms with Gasteiger partial charge in [-0.25, -0.2) is 4.79 Å². The van der Waals surface area contributed by atoms with Crippen LogP contribution in [0, 0.1) is 12.3 Å². The Morgan fingerprint density at radius 2 is 2.17 bits per heavy atom. The van der Waals surface area contributed by atoms with E-state index in [4.69, 9.17) is 20.6 Å². The van der Waals surface area contributed by atoms with Gasteiger partial charge in [0.2, 0.25) is 0 Å². The van der Waals surface area contributed by atoms with Crippen LogP contribution in [-0.4, -0.2) is 26.9 Å². The highest BCUT2D eigenvalue weighted by molar-refractivity contribution is 5.87. The molecule has 1 aromatic rings. The predicted molar refractivity (Wildman–Crippen MR) is 68.0 cm³/mol. The second-order valence-electron chi connectivity index (χ2n) is 3.28. The first-order chi connectivity index (χ1) is 8.71. The molecule has 0 saturated carbocycles. The van der Waals surface area contributed by atoms with E-state index in [-0.39, 0.29) is 6.61 Å². The number of terminal acetylenes is 1. The van der Waals surface area contributed by atoms with Crippen molar-refractivity contribution in [3.05, 3.63) is 18.2 Å². The zero-order valence-electron chi connectivity index (χ0n) is 10.4. The Hall–Kier alpha value is -2.35. The van der Waals surface area contributed by atoms with Crippen LogP contribution in [0.5, 0.6) is 11.5 Å². The third-order valence-electron chi connectivity index (χ3n) is 2.12. The minimum atomic E-state index is -0.586. The van der Waals surface area contributed by atoms with Crippen LogP contribution in [-0.2, 0) is 4.74 Å². The lowest BCUT2D eigenvalue weighted by molar-refractivity contribution is 0.164. The van der Waals surface area contributed by atoms with E-state index in [1.807, 2.05) is 0 Å². The molecule has 1 N–H and O–H groups in total. The van der Waals surface area contributed by atoms with Gasteiger partial charge in [-0.1, -0.05) is 0 Å². The van der Waals surface area contributed by atoms with Gasteiger partial charge in [0.15, 0.2) is 0 Å². The summed E-state index contributed by atoms with van der Waals surface area (Å²) < 4.78 is 15.0. The second kappa shape index (κ2) is 7.07. The Morgan fingerprint density at radius 3 is 2.78 bits per heavy atom. The number of hydrogen-bond donors (Lipinski definition) is 1. The molecule has 0 aliphatic heterocycles. The Kier molecular flexibility index (Phi) is 5.39. The first-order valence-corrected chi connectivity index (χ1v) is 5.30. The number of ether oxygens (including phenoxy) is 3. The molecule has 5 heteroatoms. The average Bonchev–Trinajstić information content (AvgIpc) is 2.39. The van der Waals surface area contributed by atoms with Gasteiger partial charge in [-0.3, -0.25) is 5.32 Å². The first-order valence-electron chi connectivity index (χ1n) is 5.30. The standard InChI is InChI=1S/C13H15NO4/c1-4-5-8-18-13(15)14-11-9-10(16-2)6-7-12(11)17-3/h1,6-7,9H,5,8H2,2-3H3,(H,14,15). The van der Waals surface area contributed by atoms with Gasteiger partial charge in [0.1, 0.15) is 18.1 Å². The summed E-state index contributed by atoms with van der Waals surface area (Å²) >= 11 is 0. The highest BCUT2D eigenvalue weighted by Crippen LogP contribution is 2.28. The molecule has 0 radical (unpaired) electrons. The molecule has 5 nitrogen and oxygen atoms in total. The molecule has 0 aliphatic rings. The molecule has 0 atom stereocenters. The van der Waals surface area contributed by atoms with Crippen molar-refractivity contribution in [1.29, 1.82) is 0 Å². The van der Waals surface area contributed by atoms with E-state index in [1.54, 1.807) is 18.2 Å². The lowest BCUT2D eigenvalue weighted by Crippen LogP contribution is -2.14. The largest absolute Gasteiger partial charge is 0.497 e. The SMILES string of the molecule is C#CCCOC(=O)Nc1cc(OC)ccc1OC. The third kappa shape index (κ3) is 3.91. The Bertz CT molecular complexity index is 451. The lowest BCUT2D eigenvalue weighted by Gasteiger charge is -2.11. The third-order valence-corrected chi connectivity index (χ3v) is 2.12. The normalized spacial score (nSPS) is 9.17. The van der Waals surface area contributed by atoms with Crippen LogP contribution in [0.4, 0.5) is 10.5 Å². The van der Waals surface area contributed by atoms with Crippen LogP contribution in [0.3, 0.4) is 0 Å². The first kappa shape index (κ1) is 13.7. The van der Waals surface area contributed by atoms with Gasteiger partial charge in [0.25, 0.3) is 0 Å². The van der Waals surface area contributed by atoms with Crippen molar-refractivity contribution in [2.45, 2.75) is 6.42 Å². The lowest BCUT2D eigenvalue weighted by atomic mass is 10.2. The molecule has 0 fully saturated rings. The summed E-state index contributed by atoms with van der Waals surface area (Å²) in [5.41, 5.74) is 0.475. The molecular formula is C13H15NO4. The maximum absolute atomic E-state index is 11.5. The Balaban J connectivity index is 2.70. The van der Waals surface area contributed by atoms with Crippen LogP contribution >= 0.6 is 0 Å². The summed E-state index contributed by atoms with van der Waals surface area (Å²) in [4.78, 5) is 11.5. The van der Waals surface area contributed by atoms with E-state index in [0.717, 1.165) is 0 Å². The van der Waals surface area contributed by atoms with Gasteiger partial charge in [-0.2, -0.15) is 0 Å². The molecule has 0 aromatic heterocycles. The maximum atomic E-state index is 11.5. The number of nitrogens with one attached hydrogen (secondary N) is 1. The molecule has 96 valence electrons. The summed E-state index contributed by atoms with van der Waals surface area (Å²) in [6, 6.07) is 5.06. The Morgan fingerprint density at radius 1 is 1.39 bits per heavy atom. The molecule has 1 aromatic carbocycles. The van der Waals surface area contributed by atoms with Gasteiger partial charge in [0, 0.05) is 12.5 Å². The molecule has 0 heterocycles. The highest BCUT2D eigenvalue weighted by Gasteiger charge is 2.09. The number of carbonyl (C=O) groups is 1. The van der Waals surface area contributed by atoms with Gasteiger partial charge >= 0.3 is 6.09 Å². The summed E-state index contributed by atoms with van der Waals surface area (Å²) in [5, 5.41) is 2.56. The maximum Gasteiger partial charge on any atom is 0.411 e. The summed E-state index contributed by atoms with van der Waals surface area (Å²) in [7, 11) is 3.05. The van der Waals surface area contributed by atoms with E-state index in [9.17, 15) is 4.79 Å². The van der Waals surface area contributed by atoms with E-state index < -0.39 is 6.09 Å². The van der Waals surface area contributed by atoms with Crippen molar-refractivity contribution in [2.75, 3.05) is 26.1 Å². The van der Waals surface area contributed by atoms with Crippen molar-refractivity contribution < 1.29 is 19.0 Å². The van der Waals surface area contributed by atoms with Crippen molar-refractivity contribution in [2.24, 2.45) is 0 Å². The molecule has 18 heavy (non-hydrogen) atoms.